The molecule has 0 fully saturated rings. The highest BCUT2D eigenvalue weighted by atomic mass is 35.5. The number of carboxylic acids is 1. The lowest BCUT2D eigenvalue weighted by Crippen LogP contribution is -2.01. The Morgan fingerprint density at radius 2 is 2.05 bits per heavy atom. The molecule has 5 heteroatoms. The van der Waals surface area contributed by atoms with Crippen LogP contribution in [0.25, 0.3) is 11.1 Å². The van der Waals surface area contributed by atoms with E-state index < -0.39 is 11.8 Å². The van der Waals surface area contributed by atoms with E-state index >= 15 is 0 Å². The Morgan fingerprint density at radius 1 is 1.32 bits per heavy atom. The topological polar surface area (TPSA) is 46.5 Å². The molecule has 0 spiro atoms. The Morgan fingerprint density at radius 3 is 2.63 bits per heavy atom. The van der Waals surface area contributed by atoms with Crippen LogP contribution in [0, 0.1) is 5.82 Å². The van der Waals surface area contributed by atoms with Crippen molar-refractivity contribution < 1.29 is 19.0 Å². The van der Waals surface area contributed by atoms with E-state index in [0.717, 1.165) is 0 Å². The third-order valence-corrected chi connectivity index (χ3v) is 2.84. The number of aromatic carboxylic acids is 1. The Balaban J connectivity index is 2.68. The van der Waals surface area contributed by atoms with Gasteiger partial charge in [0.25, 0.3) is 0 Å². The molecule has 0 aliphatic carbocycles. The lowest BCUT2D eigenvalue weighted by Gasteiger charge is -2.11. The molecular formula is C14H10ClFO3. The molecule has 0 saturated heterocycles. The standard InChI is InChI=1S/C14H10ClFO3/c1-19-13-11(3-2-4-12(13)14(17)18)8-5-9(15)7-10(16)6-8/h2-7H,1H3,(H,17,18). The molecule has 0 radical (unpaired) electrons. The molecule has 0 bridgehead atoms. The lowest BCUT2D eigenvalue weighted by molar-refractivity contribution is 0.0693. The molecule has 0 amide bonds. The van der Waals surface area contributed by atoms with Gasteiger partial charge >= 0.3 is 5.97 Å². The number of para-hydroxylation sites is 1. The molecule has 0 heterocycles. The fourth-order valence-electron chi connectivity index (χ4n) is 1.86. The first-order valence-corrected chi connectivity index (χ1v) is 5.77. The van der Waals surface area contributed by atoms with Crippen LogP contribution in [-0.2, 0) is 0 Å². The van der Waals surface area contributed by atoms with Gasteiger partial charge in [-0.1, -0.05) is 23.7 Å². The van der Waals surface area contributed by atoms with Crippen LogP contribution in [0.5, 0.6) is 5.75 Å². The van der Waals surface area contributed by atoms with Crippen LogP contribution in [0.15, 0.2) is 36.4 Å². The normalized spacial score (nSPS) is 10.3. The van der Waals surface area contributed by atoms with Crippen LogP contribution in [0.3, 0.4) is 0 Å². The number of carboxylic acid groups (broad SMARTS) is 1. The minimum Gasteiger partial charge on any atom is -0.495 e. The van der Waals surface area contributed by atoms with Gasteiger partial charge in [0.05, 0.1) is 7.11 Å². The molecule has 2 aromatic carbocycles. The monoisotopic (exact) mass is 280 g/mol. The van der Waals surface area contributed by atoms with Crippen molar-refractivity contribution in [3.8, 4) is 16.9 Å². The van der Waals surface area contributed by atoms with Crippen molar-refractivity contribution in [3.05, 3.63) is 52.8 Å². The van der Waals surface area contributed by atoms with Crippen molar-refractivity contribution in [2.75, 3.05) is 7.11 Å². The van der Waals surface area contributed by atoms with Gasteiger partial charge in [-0.3, -0.25) is 0 Å². The summed E-state index contributed by atoms with van der Waals surface area (Å²) in [5.74, 6) is -1.43. The summed E-state index contributed by atoms with van der Waals surface area (Å²) in [5.41, 5.74) is 0.953. The van der Waals surface area contributed by atoms with E-state index in [1.165, 1.54) is 25.3 Å². The van der Waals surface area contributed by atoms with E-state index in [-0.39, 0.29) is 16.3 Å². The van der Waals surface area contributed by atoms with Gasteiger partial charge in [-0.2, -0.15) is 0 Å². The lowest BCUT2D eigenvalue weighted by atomic mass is 10.0. The number of ether oxygens (including phenoxy) is 1. The second-order valence-corrected chi connectivity index (χ2v) is 4.29. The molecule has 19 heavy (non-hydrogen) atoms. The molecular weight excluding hydrogens is 271 g/mol. The highest BCUT2D eigenvalue weighted by Gasteiger charge is 2.16. The van der Waals surface area contributed by atoms with E-state index in [1.807, 2.05) is 0 Å². The largest absolute Gasteiger partial charge is 0.495 e. The molecule has 2 aromatic rings. The maximum atomic E-state index is 13.4. The second kappa shape index (κ2) is 5.28. The fraction of sp³-hybridized carbons (Fsp3) is 0.0714. The highest BCUT2D eigenvalue weighted by Crippen LogP contribution is 2.34. The molecule has 0 unspecified atom stereocenters. The molecule has 3 nitrogen and oxygen atoms in total. The Kier molecular flexibility index (Phi) is 3.71. The van der Waals surface area contributed by atoms with Gasteiger partial charge in [-0.15, -0.1) is 0 Å². The molecule has 0 saturated carbocycles. The summed E-state index contributed by atoms with van der Waals surface area (Å²) in [6.07, 6.45) is 0. The summed E-state index contributed by atoms with van der Waals surface area (Å²) in [6.45, 7) is 0. The molecule has 1 N–H and O–H groups in total. The predicted molar refractivity (Wildman–Crippen MR) is 70.4 cm³/mol. The molecule has 2 rings (SSSR count). The van der Waals surface area contributed by atoms with E-state index in [0.29, 0.717) is 11.1 Å². The Bertz CT molecular complexity index is 620. The maximum Gasteiger partial charge on any atom is 0.339 e. The van der Waals surface area contributed by atoms with Gasteiger partial charge in [0.2, 0.25) is 0 Å². The van der Waals surface area contributed by atoms with Crippen LogP contribution in [0.1, 0.15) is 10.4 Å². The number of halogens is 2. The summed E-state index contributed by atoms with van der Waals surface area (Å²) in [5, 5.41) is 9.33. The zero-order chi connectivity index (χ0) is 14.0. The van der Waals surface area contributed by atoms with Crippen LogP contribution in [0.4, 0.5) is 4.39 Å². The maximum absolute atomic E-state index is 13.4. The van der Waals surface area contributed by atoms with Crippen molar-refractivity contribution >= 4 is 17.6 Å². The quantitative estimate of drug-likeness (QED) is 0.929. The molecule has 0 aromatic heterocycles. The van der Waals surface area contributed by atoms with Crippen LogP contribution >= 0.6 is 11.6 Å². The fourth-order valence-corrected chi connectivity index (χ4v) is 2.08. The number of carbonyl (C=O) groups is 1. The Labute approximate surface area is 114 Å². The minimum absolute atomic E-state index is 0.0142. The minimum atomic E-state index is -1.11. The first-order chi connectivity index (χ1) is 9.02. The van der Waals surface area contributed by atoms with Crippen LogP contribution in [-0.4, -0.2) is 18.2 Å². The highest BCUT2D eigenvalue weighted by molar-refractivity contribution is 6.30. The van der Waals surface area contributed by atoms with Gasteiger partial charge in [-0.25, -0.2) is 9.18 Å². The van der Waals surface area contributed by atoms with E-state index in [4.69, 9.17) is 21.4 Å². The van der Waals surface area contributed by atoms with E-state index in [2.05, 4.69) is 0 Å². The molecule has 98 valence electrons. The zero-order valence-corrected chi connectivity index (χ0v) is 10.7. The number of benzene rings is 2. The van der Waals surface area contributed by atoms with E-state index in [9.17, 15) is 9.18 Å². The van der Waals surface area contributed by atoms with Crippen LogP contribution in [0.2, 0.25) is 5.02 Å². The summed E-state index contributed by atoms with van der Waals surface area (Å²) in [4.78, 5) is 11.1. The molecule has 0 aliphatic heterocycles. The average Bonchev–Trinajstić information content (AvgIpc) is 2.36. The van der Waals surface area contributed by atoms with Crippen molar-refractivity contribution in [1.29, 1.82) is 0 Å². The van der Waals surface area contributed by atoms with Crippen molar-refractivity contribution in [2.45, 2.75) is 0 Å². The zero-order valence-electron chi connectivity index (χ0n) is 9.98. The van der Waals surface area contributed by atoms with Gasteiger partial charge < -0.3 is 9.84 Å². The van der Waals surface area contributed by atoms with Crippen LogP contribution < -0.4 is 4.74 Å². The van der Waals surface area contributed by atoms with Gasteiger partial charge in [0, 0.05) is 10.6 Å². The molecule has 0 atom stereocenters. The number of rotatable bonds is 3. The van der Waals surface area contributed by atoms with Gasteiger partial charge in [0.1, 0.15) is 17.1 Å². The summed E-state index contributed by atoms with van der Waals surface area (Å²) in [6, 6.07) is 8.64. The number of methoxy groups -OCH3 is 1. The van der Waals surface area contributed by atoms with Gasteiger partial charge in [-0.05, 0) is 29.8 Å². The second-order valence-electron chi connectivity index (χ2n) is 3.85. The Hall–Kier alpha value is -2.07. The number of hydrogen-bond donors (Lipinski definition) is 1. The van der Waals surface area contributed by atoms with Crippen molar-refractivity contribution in [3.63, 3.8) is 0 Å². The third kappa shape index (κ3) is 2.69. The summed E-state index contributed by atoms with van der Waals surface area (Å²) < 4.78 is 18.5. The summed E-state index contributed by atoms with van der Waals surface area (Å²) in [7, 11) is 1.37. The van der Waals surface area contributed by atoms with Gasteiger partial charge in [0.15, 0.2) is 0 Å². The van der Waals surface area contributed by atoms with Crippen molar-refractivity contribution in [2.24, 2.45) is 0 Å². The first-order valence-electron chi connectivity index (χ1n) is 5.39. The smallest absolute Gasteiger partial charge is 0.339 e. The number of hydrogen-bond acceptors (Lipinski definition) is 2. The van der Waals surface area contributed by atoms with Crippen molar-refractivity contribution in [1.82, 2.24) is 0 Å². The SMILES string of the molecule is COc1c(C(=O)O)cccc1-c1cc(F)cc(Cl)c1. The van der Waals surface area contributed by atoms with E-state index in [1.54, 1.807) is 18.2 Å². The summed E-state index contributed by atoms with van der Waals surface area (Å²) >= 11 is 5.80. The molecule has 0 aliphatic rings. The third-order valence-electron chi connectivity index (χ3n) is 2.62. The average molecular weight is 281 g/mol. The predicted octanol–water partition coefficient (Wildman–Crippen LogP) is 3.85. The first kappa shape index (κ1) is 13.4.